The molecule has 1 N–H and O–H groups in total. The molecule has 0 saturated carbocycles. The van der Waals surface area contributed by atoms with Gasteiger partial charge in [-0.15, -0.1) is 0 Å². The highest BCUT2D eigenvalue weighted by molar-refractivity contribution is 5.57. The molecule has 0 aliphatic carbocycles. The summed E-state index contributed by atoms with van der Waals surface area (Å²) in [7, 11) is 0. The first kappa shape index (κ1) is 21.6. The average molecular weight is 315 g/mol. The number of nitrogens with zero attached hydrogens (tertiary/aromatic N) is 1. The normalized spacial score (nSPS) is 11.8. The molecule has 0 aliphatic rings. The average Bonchev–Trinajstić information content (AvgIpc) is 2.50. The fourth-order valence-electron chi connectivity index (χ4n) is 2.16. The SMILES string of the molecule is CC(C)CCCCCCCOCCCOCCCN=CCO. The van der Waals surface area contributed by atoms with Crippen LogP contribution in [0.2, 0.25) is 0 Å². The van der Waals surface area contributed by atoms with Gasteiger partial charge in [0.05, 0.1) is 6.61 Å². The first-order valence-electron chi connectivity index (χ1n) is 9.02. The number of aliphatic hydroxyl groups excluding tert-OH is 1. The number of hydrogen-bond acceptors (Lipinski definition) is 4. The molecule has 0 rings (SSSR count). The molecule has 0 atom stereocenters. The van der Waals surface area contributed by atoms with Crippen LogP contribution in [0.25, 0.3) is 0 Å². The fraction of sp³-hybridized carbons (Fsp3) is 0.944. The molecular weight excluding hydrogens is 278 g/mol. The van der Waals surface area contributed by atoms with Gasteiger partial charge in [-0.25, -0.2) is 0 Å². The highest BCUT2D eigenvalue weighted by Gasteiger charge is 1.95. The Bertz CT molecular complexity index is 232. The van der Waals surface area contributed by atoms with Crippen LogP contribution in [-0.2, 0) is 9.47 Å². The van der Waals surface area contributed by atoms with Crippen molar-refractivity contribution in [3.63, 3.8) is 0 Å². The van der Waals surface area contributed by atoms with Crippen LogP contribution in [0.3, 0.4) is 0 Å². The van der Waals surface area contributed by atoms with Gasteiger partial charge in [0, 0.05) is 39.2 Å². The first-order valence-corrected chi connectivity index (χ1v) is 9.02. The van der Waals surface area contributed by atoms with Gasteiger partial charge in [0.2, 0.25) is 0 Å². The third kappa shape index (κ3) is 19.6. The van der Waals surface area contributed by atoms with Crippen molar-refractivity contribution < 1.29 is 14.6 Å². The summed E-state index contributed by atoms with van der Waals surface area (Å²) in [5.41, 5.74) is 0. The minimum atomic E-state index is 0.0239. The molecule has 0 aromatic heterocycles. The highest BCUT2D eigenvalue weighted by atomic mass is 16.5. The Labute approximate surface area is 137 Å². The van der Waals surface area contributed by atoms with E-state index in [1.165, 1.54) is 44.7 Å². The van der Waals surface area contributed by atoms with Crippen molar-refractivity contribution in [3.8, 4) is 0 Å². The number of aliphatic hydroxyl groups is 1. The number of unbranched alkanes of at least 4 members (excludes halogenated alkanes) is 4. The molecule has 132 valence electrons. The van der Waals surface area contributed by atoms with Gasteiger partial charge in [-0.2, -0.15) is 0 Å². The second kappa shape index (κ2) is 18.6. The Hall–Kier alpha value is -0.450. The summed E-state index contributed by atoms with van der Waals surface area (Å²) in [6.07, 6.45) is 11.3. The Morgan fingerprint density at radius 3 is 2.09 bits per heavy atom. The van der Waals surface area contributed by atoms with Crippen LogP contribution in [-0.4, -0.2) is 50.9 Å². The maximum absolute atomic E-state index is 8.51. The number of hydrogen-bond donors (Lipinski definition) is 1. The van der Waals surface area contributed by atoms with Gasteiger partial charge in [0.15, 0.2) is 0 Å². The van der Waals surface area contributed by atoms with Gasteiger partial charge in [0.1, 0.15) is 0 Å². The van der Waals surface area contributed by atoms with Crippen LogP contribution < -0.4 is 0 Å². The third-order valence-corrected chi connectivity index (χ3v) is 3.43. The van der Waals surface area contributed by atoms with Crippen molar-refractivity contribution in [2.24, 2.45) is 10.9 Å². The van der Waals surface area contributed by atoms with Crippen molar-refractivity contribution in [1.82, 2.24) is 0 Å². The number of ether oxygens (including phenoxy) is 2. The fourth-order valence-corrected chi connectivity index (χ4v) is 2.16. The van der Waals surface area contributed by atoms with Crippen LogP contribution >= 0.6 is 0 Å². The topological polar surface area (TPSA) is 51.0 Å². The van der Waals surface area contributed by atoms with E-state index in [0.717, 1.165) is 51.7 Å². The summed E-state index contributed by atoms with van der Waals surface area (Å²) in [6, 6.07) is 0. The Morgan fingerprint density at radius 2 is 1.41 bits per heavy atom. The van der Waals surface area contributed by atoms with E-state index in [2.05, 4.69) is 18.8 Å². The van der Waals surface area contributed by atoms with E-state index in [9.17, 15) is 0 Å². The van der Waals surface area contributed by atoms with Crippen LogP contribution in [0, 0.1) is 5.92 Å². The molecule has 0 amide bonds. The first-order chi connectivity index (χ1) is 10.8. The minimum absolute atomic E-state index is 0.0239. The molecule has 0 radical (unpaired) electrons. The molecule has 22 heavy (non-hydrogen) atoms. The van der Waals surface area contributed by atoms with Gasteiger partial charge < -0.3 is 14.6 Å². The van der Waals surface area contributed by atoms with Gasteiger partial charge in [-0.05, 0) is 25.2 Å². The van der Waals surface area contributed by atoms with Crippen molar-refractivity contribution in [3.05, 3.63) is 0 Å². The lowest BCUT2D eigenvalue weighted by Gasteiger charge is -2.06. The summed E-state index contributed by atoms with van der Waals surface area (Å²) >= 11 is 0. The van der Waals surface area contributed by atoms with E-state index in [0.29, 0.717) is 0 Å². The Kier molecular flexibility index (Phi) is 18.2. The zero-order valence-electron chi connectivity index (χ0n) is 14.8. The molecule has 0 bridgehead atoms. The van der Waals surface area contributed by atoms with E-state index in [1.807, 2.05) is 0 Å². The Morgan fingerprint density at radius 1 is 0.818 bits per heavy atom. The monoisotopic (exact) mass is 315 g/mol. The minimum Gasteiger partial charge on any atom is -0.391 e. The summed E-state index contributed by atoms with van der Waals surface area (Å²) in [6.45, 7) is 8.53. The van der Waals surface area contributed by atoms with Gasteiger partial charge >= 0.3 is 0 Å². The van der Waals surface area contributed by atoms with Crippen molar-refractivity contribution in [2.45, 2.75) is 65.2 Å². The van der Waals surface area contributed by atoms with Crippen LogP contribution in [0.1, 0.15) is 65.2 Å². The summed E-state index contributed by atoms with van der Waals surface area (Å²) in [5, 5.41) is 8.51. The molecule has 0 heterocycles. The maximum atomic E-state index is 8.51. The molecule has 4 heteroatoms. The zero-order valence-corrected chi connectivity index (χ0v) is 14.8. The quantitative estimate of drug-likeness (QED) is 0.327. The van der Waals surface area contributed by atoms with Gasteiger partial charge in [0.25, 0.3) is 0 Å². The predicted octanol–water partition coefficient (Wildman–Crippen LogP) is 3.86. The smallest absolute Gasteiger partial charge is 0.0779 e. The van der Waals surface area contributed by atoms with E-state index >= 15 is 0 Å². The molecule has 0 unspecified atom stereocenters. The third-order valence-electron chi connectivity index (χ3n) is 3.43. The van der Waals surface area contributed by atoms with E-state index < -0.39 is 0 Å². The standard InChI is InChI=1S/C18H37NO3/c1-18(2)10-6-4-3-5-7-14-21-16-9-17-22-15-8-11-19-12-13-20/h12,18,20H,3-11,13-17H2,1-2H3. The molecular formula is C18H37NO3. The van der Waals surface area contributed by atoms with Crippen molar-refractivity contribution in [2.75, 3.05) is 39.6 Å². The van der Waals surface area contributed by atoms with Gasteiger partial charge in [-0.1, -0.05) is 46.0 Å². The molecule has 0 aromatic rings. The van der Waals surface area contributed by atoms with E-state index in [-0.39, 0.29) is 6.61 Å². The highest BCUT2D eigenvalue weighted by Crippen LogP contribution is 2.10. The predicted molar refractivity (Wildman–Crippen MR) is 93.9 cm³/mol. The number of rotatable bonds is 17. The lowest BCUT2D eigenvalue weighted by Crippen LogP contribution is -2.04. The van der Waals surface area contributed by atoms with Crippen molar-refractivity contribution in [1.29, 1.82) is 0 Å². The van der Waals surface area contributed by atoms with Gasteiger partial charge in [-0.3, -0.25) is 4.99 Å². The van der Waals surface area contributed by atoms with Crippen LogP contribution in [0.4, 0.5) is 0 Å². The molecule has 0 saturated heterocycles. The summed E-state index contributed by atoms with van der Waals surface area (Å²) in [4.78, 5) is 4.01. The number of aliphatic imine (C=N–C) groups is 1. The molecule has 0 fully saturated rings. The molecule has 0 aromatic carbocycles. The summed E-state index contributed by atoms with van der Waals surface area (Å²) < 4.78 is 11.1. The second-order valence-corrected chi connectivity index (χ2v) is 6.15. The molecule has 0 spiro atoms. The van der Waals surface area contributed by atoms with Crippen LogP contribution in [0.15, 0.2) is 4.99 Å². The second-order valence-electron chi connectivity index (χ2n) is 6.15. The molecule has 0 aliphatic heterocycles. The lowest BCUT2D eigenvalue weighted by molar-refractivity contribution is 0.0807. The largest absolute Gasteiger partial charge is 0.391 e. The zero-order chi connectivity index (χ0) is 16.3. The van der Waals surface area contributed by atoms with E-state index in [1.54, 1.807) is 0 Å². The lowest BCUT2D eigenvalue weighted by atomic mass is 10.0. The van der Waals surface area contributed by atoms with Crippen molar-refractivity contribution >= 4 is 6.21 Å². The Balaban J connectivity index is 2.98. The molecule has 4 nitrogen and oxygen atoms in total. The maximum Gasteiger partial charge on any atom is 0.0779 e. The summed E-state index contributed by atoms with van der Waals surface area (Å²) in [5.74, 6) is 0.846. The van der Waals surface area contributed by atoms with Crippen LogP contribution in [0.5, 0.6) is 0 Å². The van der Waals surface area contributed by atoms with E-state index in [4.69, 9.17) is 14.6 Å².